The van der Waals surface area contributed by atoms with Gasteiger partial charge in [-0.25, -0.2) is 13.2 Å². The Bertz CT molecular complexity index is 522. The molecule has 0 saturated carbocycles. The van der Waals surface area contributed by atoms with Gasteiger partial charge < -0.3 is 10.0 Å². The van der Waals surface area contributed by atoms with E-state index in [2.05, 4.69) is 0 Å². The summed E-state index contributed by atoms with van der Waals surface area (Å²) in [5, 5.41) is 10.1. The van der Waals surface area contributed by atoms with Crippen molar-refractivity contribution >= 4 is 27.3 Å². The van der Waals surface area contributed by atoms with Crippen molar-refractivity contribution in [3.05, 3.63) is 17.0 Å². The highest BCUT2D eigenvalue weighted by atomic mass is 32.2. The SMILES string of the molecule is CN(C)CCN(C)S(=O)(=O)c1cc(C(=O)O)cs1. The van der Waals surface area contributed by atoms with Gasteiger partial charge in [0.1, 0.15) is 4.21 Å². The molecule has 1 N–H and O–H groups in total. The zero-order valence-electron chi connectivity index (χ0n) is 10.5. The molecule has 0 amide bonds. The maximum atomic E-state index is 12.1. The summed E-state index contributed by atoms with van der Waals surface area (Å²) < 4.78 is 25.5. The van der Waals surface area contributed by atoms with Crippen LogP contribution in [-0.4, -0.2) is 62.9 Å². The third-order valence-electron chi connectivity index (χ3n) is 2.35. The van der Waals surface area contributed by atoms with Crippen LogP contribution in [0.5, 0.6) is 0 Å². The Morgan fingerprint density at radius 1 is 1.33 bits per heavy atom. The lowest BCUT2D eigenvalue weighted by molar-refractivity contribution is 0.0697. The van der Waals surface area contributed by atoms with Gasteiger partial charge in [0, 0.05) is 25.5 Å². The highest BCUT2D eigenvalue weighted by Crippen LogP contribution is 2.23. The average Bonchev–Trinajstić information content (AvgIpc) is 2.75. The molecule has 0 unspecified atom stereocenters. The number of hydrogen-bond acceptors (Lipinski definition) is 5. The molecular weight excluding hydrogens is 276 g/mol. The van der Waals surface area contributed by atoms with Gasteiger partial charge in [0.25, 0.3) is 10.0 Å². The molecule has 0 aliphatic carbocycles. The second-order valence-electron chi connectivity index (χ2n) is 4.09. The number of carboxylic acid groups (broad SMARTS) is 1. The molecule has 0 saturated heterocycles. The molecule has 0 aromatic carbocycles. The maximum Gasteiger partial charge on any atom is 0.336 e. The standard InChI is InChI=1S/C10H16N2O4S2/c1-11(2)4-5-12(3)18(15,16)9-6-8(7-17-9)10(13)14/h6-7H,4-5H2,1-3H3,(H,13,14). The minimum atomic E-state index is -3.59. The summed E-state index contributed by atoms with van der Waals surface area (Å²) in [7, 11) is 1.61. The van der Waals surface area contributed by atoms with Crippen LogP contribution in [0.3, 0.4) is 0 Å². The molecule has 6 nitrogen and oxygen atoms in total. The summed E-state index contributed by atoms with van der Waals surface area (Å²) in [5.41, 5.74) is -0.000385. The molecule has 0 bridgehead atoms. The normalized spacial score (nSPS) is 12.3. The summed E-state index contributed by atoms with van der Waals surface area (Å²) in [6.45, 7) is 0.961. The molecule has 0 spiro atoms. The van der Waals surface area contributed by atoms with E-state index in [-0.39, 0.29) is 9.77 Å². The van der Waals surface area contributed by atoms with E-state index in [1.54, 1.807) is 0 Å². The molecule has 0 radical (unpaired) electrons. The number of sulfonamides is 1. The lowest BCUT2D eigenvalue weighted by Crippen LogP contribution is -2.33. The van der Waals surface area contributed by atoms with Crippen molar-refractivity contribution in [1.29, 1.82) is 0 Å². The van der Waals surface area contributed by atoms with Crippen LogP contribution in [0.1, 0.15) is 10.4 Å². The Hall–Kier alpha value is -0.960. The lowest BCUT2D eigenvalue weighted by atomic mass is 10.4. The molecule has 102 valence electrons. The number of carbonyl (C=O) groups is 1. The van der Waals surface area contributed by atoms with E-state index in [9.17, 15) is 13.2 Å². The van der Waals surface area contributed by atoms with E-state index in [0.717, 1.165) is 11.3 Å². The van der Waals surface area contributed by atoms with E-state index in [1.807, 2.05) is 19.0 Å². The number of nitrogens with zero attached hydrogens (tertiary/aromatic N) is 2. The van der Waals surface area contributed by atoms with E-state index in [1.165, 1.54) is 22.8 Å². The quantitative estimate of drug-likeness (QED) is 0.832. The van der Waals surface area contributed by atoms with E-state index < -0.39 is 16.0 Å². The molecule has 1 heterocycles. The largest absolute Gasteiger partial charge is 0.478 e. The van der Waals surface area contributed by atoms with E-state index in [4.69, 9.17) is 5.11 Å². The van der Waals surface area contributed by atoms with Gasteiger partial charge in [-0.3, -0.25) is 0 Å². The van der Waals surface area contributed by atoms with Crippen LogP contribution in [-0.2, 0) is 10.0 Å². The summed E-state index contributed by atoms with van der Waals surface area (Å²) in [6.07, 6.45) is 0. The van der Waals surface area contributed by atoms with Gasteiger partial charge in [-0.05, 0) is 20.2 Å². The number of likely N-dealkylation sites (N-methyl/N-ethyl adjacent to an activating group) is 2. The molecule has 1 aromatic heterocycles. The van der Waals surface area contributed by atoms with Crippen LogP contribution in [0, 0.1) is 0 Å². The van der Waals surface area contributed by atoms with Crippen LogP contribution in [0.15, 0.2) is 15.7 Å². The first-order valence-corrected chi connectivity index (χ1v) is 7.50. The number of thiophene rings is 1. The van der Waals surface area contributed by atoms with Gasteiger partial charge in [-0.2, -0.15) is 4.31 Å². The number of carboxylic acids is 1. The molecular formula is C10H16N2O4S2. The van der Waals surface area contributed by atoms with Crippen LogP contribution < -0.4 is 0 Å². The highest BCUT2D eigenvalue weighted by molar-refractivity contribution is 7.91. The topological polar surface area (TPSA) is 77.9 Å². The Labute approximate surface area is 110 Å². The van der Waals surface area contributed by atoms with Crippen LogP contribution in [0.2, 0.25) is 0 Å². The molecule has 0 aliphatic heterocycles. The van der Waals surface area contributed by atoms with Crippen molar-refractivity contribution < 1.29 is 18.3 Å². The summed E-state index contributed by atoms with van der Waals surface area (Å²) in [5.74, 6) is -1.12. The molecule has 1 aromatic rings. The minimum Gasteiger partial charge on any atom is -0.478 e. The summed E-state index contributed by atoms with van der Waals surface area (Å²) >= 11 is 0.923. The molecule has 1 rings (SSSR count). The van der Waals surface area contributed by atoms with Gasteiger partial charge >= 0.3 is 5.97 Å². The van der Waals surface area contributed by atoms with Crippen molar-refractivity contribution in [2.45, 2.75) is 4.21 Å². The fraction of sp³-hybridized carbons (Fsp3) is 0.500. The van der Waals surface area contributed by atoms with Crippen molar-refractivity contribution in [2.75, 3.05) is 34.2 Å². The van der Waals surface area contributed by atoms with Crippen molar-refractivity contribution in [3.63, 3.8) is 0 Å². The van der Waals surface area contributed by atoms with Gasteiger partial charge in [-0.1, -0.05) is 0 Å². The third kappa shape index (κ3) is 3.52. The number of aromatic carboxylic acids is 1. The zero-order chi connectivity index (χ0) is 13.9. The maximum absolute atomic E-state index is 12.1. The summed E-state index contributed by atoms with van der Waals surface area (Å²) in [4.78, 5) is 12.6. The third-order valence-corrected chi connectivity index (χ3v) is 5.62. The van der Waals surface area contributed by atoms with Crippen molar-refractivity contribution in [3.8, 4) is 0 Å². The van der Waals surface area contributed by atoms with Crippen molar-refractivity contribution in [1.82, 2.24) is 9.21 Å². The Morgan fingerprint density at radius 2 is 1.94 bits per heavy atom. The number of rotatable bonds is 6. The Morgan fingerprint density at radius 3 is 2.39 bits per heavy atom. The lowest BCUT2D eigenvalue weighted by Gasteiger charge is -2.18. The van der Waals surface area contributed by atoms with E-state index >= 15 is 0 Å². The molecule has 0 aliphatic rings. The number of hydrogen-bond donors (Lipinski definition) is 1. The first-order chi connectivity index (χ1) is 8.25. The van der Waals surface area contributed by atoms with Gasteiger partial charge in [0.15, 0.2) is 0 Å². The van der Waals surface area contributed by atoms with Gasteiger partial charge in [-0.15, -0.1) is 11.3 Å². The fourth-order valence-corrected chi connectivity index (χ4v) is 3.70. The van der Waals surface area contributed by atoms with Crippen LogP contribution >= 0.6 is 11.3 Å². The molecule has 18 heavy (non-hydrogen) atoms. The average molecular weight is 292 g/mol. The van der Waals surface area contributed by atoms with Gasteiger partial charge in [0.2, 0.25) is 0 Å². The second-order valence-corrected chi connectivity index (χ2v) is 7.27. The predicted molar refractivity (Wildman–Crippen MR) is 69.6 cm³/mol. The first-order valence-electron chi connectivity index (χ1n) is 5.18. The van der Waals surface area contributed by atoms with Crippen LogP contribution in [0.25, 0.3) is 0 Å². The minimum absolute atomic E-state index is 0.000385. The molecule has 0 atom stereocenters. The smallest absolute Gasteiger partial charge is 0.336 e. The molecule has 8 heteroatoms. The zero-order valence-corrected chi connectivity index (χ0v) is 12.1. The molecule has 0 fully saturated rings. The van der Waals surface area contributed by atoms with Crippen molar-refractivity contribution in [2.24, 2.45) is 0 Å². The Balaban J connectivity index is 2.87. The van der Waals surface area contributed by atoms with Crippen LogP contribution in [0.4, 0.5) is 0 Å². The highest BCUT2D eigenvalue weighted by Gasteiger charge is 2.23. The van der Waals surface area contributed by atoms with E-state index in [0.29, 0.717) is 13.1 Å². The second kappa shape index (κ2) is 5.79. The van der Waals surface area contributed by atoms with Gasteiger partial charge in [0.05, 0.1) is 5.56 Å². The Kier molecular flexibility index (Phi) is 4.85. The monoisotopic (exact) mass is 292 g/mol. The first kappa shape index (κ1) is 15.1. The predicted octanol–water partition coefficient (Wildman–Crippen LogP) is 0.628. The summed E-state index contributed by atoms with van der Waals surface area (Å²) in [6, 6.07) is 1.19. The fourth-order valence-electron chi connectivity index (χ4n) is 1.18.